The van der Waals surface area contributed by atoms with E-state index in [2.05, 4.69) is 6.07 Å². The lowest BCUT2D eigenvalue weighted by Gasteiger charge is -2.33. The van der Waals surface area contributed by atoms with Gasteiger partial charge in [0.25, 0.3) is 0 Å². The van der Waals surface area contributed by atoms with Gasteiger partial charge >= 0.3 is 0 Å². The Balaban J connectivity index is 2.02. The minimum atomic E-state index is -0.333. The van der Waals surface area contributed by atoms with Gasteiger partial charge in [0.15, 0.2) is 11.4 Å². The molecule has 1 unspecified atom stereocenters. The summed E-state index contributed by atoms with van der Waals surface area (Å²) in [6, 6.07) is 4.10. The van der Waals surface area contributed by atoms with Gasteiger partial charge in [-0.15, -0.1) is 11.3 Å². The molecule has 2 nitrogen and oxygen atoms in total. The molecule has 1 aromatic heterocycles. The molecule has 0 amide bonds. The summed E-state index contributed by atoms with van der Waals surface area (Å²) in [5.74, 6) is 0.714. The van der Waals surface area contributed by atoms with Crippen molar-refractivity contribution in [3.8, 4) is 0 Å². The van der Waals surface area contributed by atoms with E-state index in [1.807, 2.05) is 11.4 Å². The Morgan fingerprint density at radius 1 is 1.47 bits per heavy atom. The third-order valence-corrected chi connectivity index (χ3v) is 4.17. The largest absolute Gasteiger partial charge is 0.488 e. The Morgan fingerprint density at radius 3 is 2.93 bits per heavy atom. The van der Waals surface area contributed by atoms with Crippen molar-refractivity contribution in [2.45, 2.75) is 24.9 Å². The van der Waals surface area contributed by atoms with Gasteiger partial charge in [-0.2, -0.15) is 0 Å². The Kier molecular flexibility index (Phi) is 1.96. The fourth-order valence-electron chi connectivity index (χ4n) is 2.25. The maximum absolute atomic E-state index is 11.5. The van der Waals surface area contributed by atoms with Crippen LogP contribution in [0.4, 0.5) is 0 Å². The molecule has 0 radical (unpaired) electrons. The second-order valence-electron chi connectivity index (χ2n) is 4.20. The molecule has 0 saturated heterocycles. The molecule has 0 spiro atoms. The molecule has 15 heavy (non-hydrogen) atoms. The average molecular weight is 220 g/mol. The zero-order valence-corrected chi connectivity index (χ0v) is 9.13. The van der Waals surface area contributed by atoms with Gasteiger partial charge < -0.3 is 4.74 Å². The number of carbonyl (C=O) groups is 1. The van der Waals surface area contributed by atoms with Gasteiger partial charge in [0, 0.05) is 16.9 Å². The van der Waals surface area contributed by atoms with E-state index in [0.29, 0.717) is 12.3 Å². The smallest absolute Gasteiger partial charge is 0.163 e. The second-order valence-corrected chi connectivity index (χ2v) is 5.15. The van der Waals surface area contributed by atoms with Crippen LogP contribution in [0, 0.1) is 5.92 Å². The normalized spacial score (nSPS) is 30.3. The van der Waals surface area contributed by atoms with Crippen LogP contribution in [0.25, 0.3) is 0 Å². The van der Waals surface area contributed by atoms with E-state index in [1.165, 1.54) is 23.8 Å². The molecule has 0 N–H and O–H groups in total. The molecule has 2 heterocycles. The van der Waals surface area contributed by atoms with E-state index in [-0.39, 0.29) is 11.4 Å². The zero-order chi connectivity index (χ0) is 10.3. The molecule has 1 atom stereocenters. The van der Waals surface area contributed by atoms with Crippen LogP contribution in [0.2, 0.25) is 0 Å². The van der Waals surface area contributed by atoms with Crippen LogP contribution in [-0.2, 0) is 15.1 Å². The lowest BCUT2D eigenvalue weighted by atomic mass is 9.88. The predicted octanol–water partition coefficient (Wildman–Crippen LogP) is 2.86. The molecule has 3 heteroatoms. The van der Waals surface area contributed by atoms with E-state index >= 15 is 0 Å². The predicted molar refractivity (Wildman–Crippen MR) is 58.6 cm³/mol. The van der Waals surface area contributed by atoms with Crippen LogP contribution in [0.5, 0.6) is 0 Å². The summed E-state index contributed by atoms with van der Waals surface area (Å²) in [5, 5.41) is 2.05. The van der Waals surface area contributed by atoms with Crippen molar-refractivity contribution in [2.75, 3.05) is 0 Å². The highest BCUT2D eigenvalue weighted by molar-refractivity contribution is 7.10. The second kappa shape index (κ2) is 3.20. The van der Waals surface area contributed by atoms with Gasteiger partial charge in [-0.3, -0.25) is 4.79 Å². The molecule has 3 rings (SSSR count). The highest BCUT2D eigenvalue weighted by Gasteiger charge is 2.50. The minimum Gasteiger partial charge on any atom is -0.488 e. The van der Waals surface area contributed by atoms with E-state index in [0.717, 1.165) is 0 Å². The summed E-state index contributed by atoms with van der Waals surface area (Å²) in [4.78, 5) is 12.7. The molecule has 2 aliphatic rings. The molecular formula is C12H12O2S. The fourth-order valence-corrected chi connectivity index (χ4v) is 3.19. The SMILES string of the molecule is O=C1C=COC(c2cccs2)(C2CC2)C1. The van der Waals surface area contributed by atoms with Crippen molar-refractivity contribution in [1.29, 1.82) is 0 Å². The highest BCUT2D eigenvalue weighted by Crippen LogP contribution is 2.52. The van der Waals surface area contributed by atoms with Crippen molar-refractivity contribution < 1.29 is 9.53 Å². The maximum Gasteiger partial charge on any atom is 0.163 e. The number of ketones is 1. The van der Waals surface area contributed by atoms with Crippen LogP contribution >= 0.6 is 11.3 Å². The van der Waals surface area contributed by atoms with Crippen LogP contribution < -0.4 is 0 Å². The monoisotopic (exact) mass is 220 g/mol. The minimum absolute atomic E-state index is 0.182. The van der Waals surface area contributed by atoms with Gasteiger partial charge in [-0.25, -0.2) is 0 Å². The first kappa shape index (κ1) is 9.16. The fraction of sp³-hybridized carbons (Fsp3) is 0.417. The summed E-state index contributed by atoms with van der Waals surface area (Å²) < 4.78 is 5.81. The van der Waals surface area contributed by atoms with Crippen molar-refractivity contribution >= 4 is 17.1 Å². The van der Waals surface area contributed by atoms with Crippen molar-refractivity contribution in [2.24, 2.45) is 5.92 Å². The zero-order valence-electron chi connectivity index (χ0n) is 8.31. The Bertz CT molecular complexity index is 403. The topological polar surface area (TPSA) is 26.3 Å². The summed E-state index contributed by atoms with van der Waals surface area (Å²) in [7, 11) is 0. The van der Waals surface area contributed by atoms with Crippen LogP contribution in [0.3, 0.4) is 0 Å². The molecular weight excluding hydrogens is 208 g/mol. The van der Waals surface area contributed by atoms with Crippen LogP contribution in [0.15, 0.2) is 29.9 Å². The Morgan fingerprint density at radius 2 is 2.33 bits per heavy atom. The third kappa shape index (κ3) is 1.42. The van der Waals surface area contributed by atoms with Crippen molar-refractivity contribution in [1.82, 2.24) is 0 Å². The number of allylic oxidation sites excluding steroid dienone is 1. The van der Waals surface area contributed by atoms with Crippen molar-refractivity contribution in [3.05, 3.63) is 34.7 Å². The van der Waals surface area contributed by atoms with Gasteiger partial charge in [0.2, 0.25) is 0 Å². The third-order valence-electron chi connectivity index (χ3n) is 3.14. The van der Waals surface area contributed by atoms with Gasteiger partial charge in [0.1, 0.15) is 0 Å². The highest BCUT2D eigenvalue weighted by atomic mass is 32.1. The maximum atomic E-state index is 11.5. The Labute approximate surface area is 92.6 Å². The standard InChI is InChI=1S/C12H12O2S/c13-10-5-6-14-12(8-10,9-3-4-9)11-2-1-7-15-11/h1-2,5-7,9H,3-4,8H2. The summed E-state index contributed by atoms with van der Waals surface area (Å²) in [6.45, 7) is 0. The van der Waals surface area contributed by atoms with E-state index in [9.17, 15) is 4.79 Å². The van der Waals surface area contributed by atoms with Gasteiger partial charge in [-0.1, -0.05) is 6.07 Å². The Hall–Kier alpha value is -1.09. The van der Waals surface area contributed by atoms with E-state index in [4.69, 9.17) is 4.74 Å². The summed E-state index contributed by atoms with van der Waals surface area (Å²) in [5.41, 5.74) is -0.333. The lowest BCUT2D eigenvalue weighted by Crippen LogP contribution is -2.34. The summed E-state index contributed by atoms with van der Waals surface area (Å²) >= 11 is 1.69. The lowest BCUT2D eigenvalue weighted by molar-refractivity contribution is -0.124. The van der Waals surface area contributed by atoms with Crippen LogP contribution in [0.1, 0.15) is 24.1 Å². The molecule has 1 aromatic rings. The van der Waals surface area contributed by atoms with Gasteiger partial charge in [-0.05, 0) is 24.3 Å². The van der Waals surface area contributed by atoms with E-state index < -0.39 is 0 Å². The van der Waals surface area contributed by atoms with Gasteiger partial charge in [0.05, 0.1) is 12.7 Å². The first-order valence-corrected chi connectivity index (χ1v) is 6.10. The molecule has 1 aliphatic carbocycles. The number of ether oxygens (including phenoxy) is 1. The quantitative estimate of drug-likeness (QED) is 0.766. The van der Waals surface area contributed by atoms with Crippen LogP contribution in [-0.4, -0.2) is 5.78 Å². The average Bonchev–Trinajstić information content (AvgIpc) is 2.94. The van der Waals surface area contributed by atoms with Crippen molar-refractivity contribution in [3.63, 3.8) is 0 Å². The molecule has 1 fully saturated rings. The number of rotatable bonds is 2. The number of thiophene rings is 1. The molecule has 1 aliphatic heterocycles. The number of hydrogen-bond acceptors (Lipinski definition) is 3. The first-order valence-electron chi connectivity index (χ1n) is 5.22. The molecule has 0 aromatic carbocycles. The first-order chi connectivity index (χ1) is 7.31. The summed E-state index contributed by atoms with van der Waals surface area (Å²) in [6.07, 6.45) is 5.98. The van der Waals surface area contributed by atoms with E-state index in [1.54, 1.807) is 17.6 Å². The molecule has 78 valence electrons. The number of hydrogen-bond donors (Lipinski definition) is 0. The molecule has 0 bridgehead atoms. The molecule has 1 saturated carbocycles. The number of carbonyl (C=O) groups excluding carboxylic acids is 1.